The van der Waals surface area contributed by atoms with E-state index in [0.29, 0.717) is 5.92 Å². The number of amides is 2. The number of aromatic amines is 1. The van der Waals surface area contributed by atoms with Crippen molar-refractivity contribution in [3.8, 4) is 0 Å². The summed E-state index contributed by atoms with van der Waals surface area (Å²) < 4.78 is 0. The van der Waals surface area contributed by atoms with Crippen molar-refractivity contribution in [2.45, 2.75) is 25.7 Å². The van der Waals surface area contributed by atoms with Crippen LogP contribution in [0.1, 0.15) is 31.2 Å². The highest BCUT2D eigenvalue weighted by Crippen LogP contribution is 2.32. The molecule has 2 N–H and O–H groups in total. The summed E-state index contributed by atoms with van der Waals surface area (Å²) in [4.78, 5) is 17.2. The van der Waals surface area contributed by atoms with Gasteiger partial charge in [-0.3, -0.25) is 0 Å². The smallest absolute Gasteiger partial charge is 0.317 e. The summed E-state index contributed by atoms with van der Waals surface area (Å²) in [6.07, 6.45) is 4.12. The minimum atomic E-state index is 0.0780. The van der Waals surface area contributed by atoms with Crippen LogP contribution in [-0.4, -0.2) is 35.5 Å². The van der Waals surface area contributed by atoms with Gasteiger partial charge in [0.2, 0.25) is 0 Å². The van der Waals surface area contributed by atoms with Crippen LogP contribution in [0.3, 0.4) is 0 Å². The second-order valence-corrected chi connectivity index (χ2v) is 5.45. The number of carbonyl (C=O) groups is 1. The predicted molar refractivity (Wildman–Crippen MR) is 80.9 cm³/mol. The Bertz CT molecular complexity index is 605. The molecule has 4 heteroatoms. The van der Waals surface area contributed by atoms with Gasteiger partial charge in [0.1, 0.15) is 0 Å². The molecule has 0 aliphatic carbocycles. The molecule has 1 aromatic carbocycles. The molecule has 20 heavy (non-hydrogen) atoms. The number of urea groups is 1. The Morgan fingerprint density at radius 3 is 3.15 bits per heavy atom. The molecule has 1 aliphatic rings. The number of likely N-dealkylation sites (tertiary alicyclic amines) is 1. The van der Waals surface area contributed by atoms with Crippen molar-refractivity contribution in [1.82, 2.24) is 15.2 Å². The zero-order valence-corrected chi connectivity index (χ0v) is 11.9. The first-order valence-electron chi connectivity index (χ1n) is 7.38. The summed E-state index contributed by atoms with van der Waals surface area (Å²) in [5.41, 5.74) is 2.52. The van der Waals surface area contributed by atoms with E-state index in [9.17, 15) is 4.79 Å². The van der Waals surface area contributed by atoms with Crippen LogP contribution in [0.4, 0.5) is 4.79 Å². The monoisotopic (exact) mass is 271 g/mol. The van der Waals surface area contributed by atoms with E-state index >= 15 is 0 Å². The van der Waals surface area contributed by atoms with E-state index in [1.165, 1.54) is 16.5 Å². The van der Waals surface area contributed by atoms with Crippen molar-refractivity contribution in [3.63, 3.8) is 0 Å². The Balaban J connectivity index is 1.72. The minimum absolute atomic E-state index is 0.0780. The summed E-state index contributed by atoms with van der Waals surface area (Å²) in [5.74, 6) is 0.443. The van der Waals surface area contributed by atoms with Crippen LogP contribution in [-0.2, 0) is 0 Å². The fourth-order valence-corrected chi connectivity index (χ4v) is 2.97. The Morgan fingerprint density at radius 1 is 1.45 bits per heavy atom. The first-order valence-corrected chi connectivity index (χ1v) is 7.38. The lowest BCUT2D eigenvalue weighted by atomic mass is 9.98. The molecule has 1 aromatic heterocycles. The number of para-hydroxylation sites is 1. The van der Waals surface area contributed by atoms with E-state index in [1.54, 1.807) is 0 Å². The molecule has 1 unspecified atom stereocenters. The van der Waals surface area contributed by atoms with Crippen LogP contribution in [0.5, 0.6) is 0 Å². The van der Waals surface area contributed by atoms with Gasteiger partial charge in [0.25, 0.3) is 0 Å². The molecular weight excluding hydrogens is 250 g/mol. The fourth-order valence-electron chi connectivity index (χ4n) is 2.97. The molecule has 106 valence electrons. The molecular formula is C16H21N3O. The maximum atomic E-state index is 12.0. The minimum Gasteiger partial charge on any atom is -0.361 e. The first-order chi connectivity index (χ1) is 9.79. The van der Waals surface area contributed by atoms with E-state index < -0.39 is 0 Å². The summed E-state index contributed by atoms with van der Waals surface area (Å²) in [5, 5.41) is 4.24. The molecule has 0 saturated carbocycles. The molecule has 0 spiro atoms. The van der Waals surface area contributed by atoms with Gasteiger partial charge in [-0.1, -0.05) is 25.1 Å². The second kappa shape index (κ2) is 5.57. The first kappa shape index (κ1) is 13.0. The summed E-state index contributed by atoms with van der Waals surface area (Å²) in [6, 6.07) is 8.44. The largest absolute Gasteiger partial charge is 0.361 e. The molecule has 2 amide bonds. The van der Waals surface area contributed by atoms with Gasteiger partial charge in [-0.25, -0.2) is 4.79 Å². The number of fused-ring (bicyclic) bond motifs is 1. The van der Waals surface area contributed by atoms with Crippen LogP contribution in [0.15, 0.2) is 30.5 Å². The maximum absolute atomic E-state index is 12.0. The van der Waals surface area contributed by atoms with Gasteiger partial charge in [-0.05, 0) is 24.5 Å². The quantitative estimate of drug-likeness (QED) is 0.885. The number of benzene rings is 1. The van der Waals surface area contributed by atoms with E-state index in [2.05, 4.69) is 41.6 Å². The van der Waals surface area contributed by atoms with Crippen LogP contribution < -0.4 is 5.32 Å². The lowest BCUT2D eigenvalue weighted by molar-refractivity contribution is 0.208. The molecule has 1 fully saturated rings. The maximum Gasteiger partial charge on any atom is 0.317 e. The van der Waals surface area contributed by atoms with Crippen LogP contribution in [0.25, 0.3) is 10.9 Å². The Labute approximate surface area is 119 Å². The van der Waals surface area contributed by atoms with E-state index in [4.69, 9.17) is 0 Å². The van der Waals surface area contributed by atoms with Crippen molar-refractivity contribution in [3.05, 3.63) is 36.0 Å². The molecule has 0 bridgehead atoms. The number of nitrogens with zero attached hydrogens (tertiary/aromatic N) is 1. The molecule has 1 atom stereocenters. The van der Waals surface area contributed by atoms with Crippen LogP contribution >= 0.6 is 0 Å². The Kier molecular flexibility index (Phi) is 3.63. The number of H-pyrrole nitrogens is 1. The van der Waals surface area contributed by atoms with Gasteiger partial charge in [0.15, 0.2) is 0 Å². The normalized spacial score (nSPS) is 18.6. The third-order valence-corrected chi connectivity index (χ3v) is 4.06. The van der Waals surface area contributed by atoms with Gasteiger partial charge in [0, 0.05) is 42.7 Å². The van der Waals surface area contributed by atoms with Gasteiger partial charge in [0.05, 0.1) is 0 Å². The highest BCUT2D eigenvalue weighted by atomic mass is 16.2. The number of aromatic nitrogens is 1. The van der Waals surface area contributed by atoms with Crippen molar-refractivity contribution in [2.75, 3.05) is 19.6 Å². The van der Waals surface area contributed by atoms with Gasteiger partial charge in [-0.15, -0.1) is 0 Å². The van der Waals surface area contributed by atoms with Gasteiger partial charge >= 0.3 is 6.03 Å². The number of hydrogen-bond acceptors (Lipinski definition) is 1. The molecule has 1 aliphatic heterocycles. The SMILES string of the molecule is CCCNC(=O)N1CCC(c2c[nH]c3ccccc23)C1. The molecule has 3 rings (SSSR count). The van der Waals surface area contributed by atoms with Gasteiger partial charge in [-0.2, -0.15) is 0 Å². The van der Waals surface area contributed by atoms with Crippen LogP contribution in [0.2, 0.25) is 0 Å². The number of rotatable bonds is 3. The molecule has 2 heterocycles. The topological polar surface area (TPSA) is 48.1 Å². The van der Waals surface area contributed by atoms with E-state index in [0.717, 1.165) is 32.5 Å². The predicted octanol–water partition coefficient (Wildman–Crippen LogP) is 3.08. The number of carbonyl (C=O) groups excluding carboxylic acids is 1. The molecule has 1 saturated heterocycles. The Morgan fingerprint density at radius 2 is 2.30 bits per heavy atom. The number of nitrogens with one attached hydrogen (secondary N) is 2. The average molecular weight is 271 g/mol. The zero-order chi connectivity index (χ0) is 13.9. The lowest BCUT2D eigenvalue weighted by Crippen LogP contribution is -2.38. The molecule has 4 nitrogen and oxygen atoms in total. The fraction of sp³-hybridized carbons (Fsp3) is 0.438. The van der Waals surface area contributed by atoms with E-state index in [-0.39, 0.29) is 6.03 Å². The van der Waals surface area contributed by atoms with Crippen molar-refractivity contribution >= 4 is 16.9 Å². The number of hydrogen-bond donors (Lipinski definition) is 2. The van der Waals surface area contributed by atoms with Crippen LogP contribution in [0, 0.1) is 0 Å². The molecule has 2 aromatic rings. The zero-order valence-electron chi connectivity index (χ0n) is 11.9. The summed E-state index contributed by atoms with van der Waals surface area (Å²) in [6.45, 7) is 4.49. The highest BCUT2D eigenvalue weighted by molar-refractivity contribution is 5.84. The van der Waals surface area contributed by atoms with Crippen molar-refractivity contribution < 1.29 is 4.79 Å². The summed E-state index contributed by atoms with van der Waals surface area (Å²) in [7, 11) is 0. The highest BCUT2D eigenvalue weighted by Gasteiger charge is 2.28. The average Bonchev–Trinajstić information content (AvgIpc) is 3.10. The van der Waals surface area contributed by atoms with Gasteiger partial charge < -0.3 is 15.2 Å². The lowest BCUT2D eigenvalue weighted by Gasteiger charge is -2.17. The van der Waals surface area contributed by atoms with Crippen molar-refractivity contribution in [1.29, 1.82) is 0 Å². The van der Waals surface area contributed by atoms with E-state index in [1.807, 2.05) is 11.0 Å². The third kappa shape index (κ3) is 2.38. The molecule has 0 radical (unpaired) electrons. The third-order valence-electron chi connectivity index (χ3n) is 4.06. The summed E-state index contributed by atoms with van der Waals surface area (Å²) >= 11 is 0. The standard InChI is InChI=1S/C16H21N3O/c1-2-8-17-16(20)19-9-7-12(11-19)14-10-18-15-6-4-3-5-13(14)15/h3-6,10,12,18H,2,7-9,11H2,1H3,(H,17,20). The Hall–Kier alpha value is -1.97. The van der Waals surface area contributed by atoms with Crippen molar-refractivity contribution in [2.24, 2.45) is 0 Å². The second-order valence-electron chi connectivity index (χ2n) is 5.45.